The molecule has 0 saturated heterocycles. The lowest BCUT2D eigenvalue weighted by Gasteiger charge is -2.27. The molecule has 0 heterocycles. The molecule has 0 spiro atoms. The quantitative estimate of drug-likeness (QED) is 0.832. The first-order valence-electron chi connectivity index (χ1n) is 7.10. The van der Waals surface area contributed by atoms with Crippen molar-refractivity contribution < 1.29 is 9.53 Å². The van der Waals surface area contributed by atoms with E-state index in [0.29, 0.717) is 11.5 Å². The topological polar surface area (TPSA) is 29.5 Å². The summed E-state index contributed by atoms with van der Waals surface area (Å²) in [6.07, 6.45) is 6.49. The van der Waals surface area contributed by atoms with Crippen molar-refractivity contribution in [3.05, 3.63) is 29.8 Å². The summed E-state index contributed by atoms with van der Waals surface area (Å²) >= 11 is 0. The van der Waals surface area contributed by atoms with Gasteiger partial charge in [0.25, 0.3) is 5.91 Å². The van der Waals surface area contributed by atoms with Gasteiger partial charge in [0.15, 0.2) is 0 Å². The molecule has 1 fully saturated rings. The lowest BCUT2D eigenvalue weighted by Crippen LogP contribution is -2.32. The minimum Gasteiger partial charge on any atom is -0.497 e. The third-order valence-electron chi connectivity index (χ3n) is 3.92. The Kier molecular flexibility index (Phi) is 4.83. The molecule has 0 unspecified atom stereocenters. The van der Waals surface area contributed by atoms with Crippen molar-refractivity contribution >= 4 is 5.91 Å². The van der Waals surface area contributed by atoms with Crippen LogP contribution in [0.25, 0.3) is 0 Å². The molecule has 2 rings (SSSR count). The number of rotatable bonds is 4. The number of amides is 1. The Morgan fingerprint density at radius 3 is 2.74 bits per heavy atom. The van der Waals surface area contributed by atoms with Gasteiger partial charge in [0.05, 0.1) is 7.11 Å². The molecule has 0 radical (unpaired) electrons. The van der Waals surface area contributed by atoms with Gasteiger partial charge in [-0.25, -0.2) is 0 Å². The average molecular weight is 261 g/mol. The second-order valence-corrected chi connectivity index (χ2v) is 5.42. The van der Waals surface area contributed by atoms with Gasteiger partial charge < -0.3 is 9.64 Å². The van der Waals surface area contributed by atoms with Gasteiger partial charge in [-0.15, -0.1) is 0 Å². The molecular formula is C16H23NO2. The maximum absolute atomic E-state index is 12.4. The molecule has 19 heavy (non-hydrogen) atoms. The number of ether oxygens (including phenoxy) is 1. The molecule has 3 heteroatoms. The predicted octanol–water partition coefficient (Wildman–Crippen LogP) is 3.35. The SMILES string of the molecule is COc1cccc(C(=O)N(C)CC2CCCCC2)c1. The van der Waals surface area contributed by atoms with Crippen molar-refractivity contribution in [1.82, 2.24) is 4.90 Å². The van der Waals surface area contributed by atoms with E-state index in [1.165, 1.54) is 32.1 Å². The Morgan fingerprint density at radius 1 is 1.32 bits per heavy atom. The molecule has 1 aliphatic carbocycles. The highest BCUT2D eigenvalue weighted by Crippen LogP contribution is 2.24. The number of hydrogen-bond acceptors (Lipinski definition) is 2. The maximum atomic E-state index is 12.4. The molecule has 1 saturated carbocycles. The number of methoxy groups -OCH3 is 1. The summed E-state index contributed by atoms with van der Waals surface area (Å²) in [6, 6.07) is 7.38. The normalized spacial score (nSPS) is 16.1. The third-order valence-corrected chi connectivity index (χ3v) is 3.92. The van der Waals surface area contributed by atoms with Crippen molar-refractivity contribution in [2.75, 3.05) is 20.7 Å². The Bertz CT molecular complexity index is 425. The lowest BCUT2D eigenvalue weighted by atomic mass is 9.89. The highest BCUT2D eigenvalue weighted by Gasteiger charge is 2.19. The summed E-state index contributed by atoms with van der Waals surface area (Å²) in [5.41, 5.74) is 0.706. The van der Waals surface area contributed by atoms with Crippen molar-refractivity contribution in [3.8, 4) is 5.75 Å². The smallest absolute Gasteiger partial charge is 0.253 e. The van der Waals surface area contributed by atoms with Crippen LogP contribution < -0.4 is 4.74 Å². The van der Waals surface area contributed by atoms with Gasteiger partial charge in [-0.2, -0.15) is 0 Å². The first kappa shape index (κ1) is 13.9. The summed E-state index contributed by atoms with van der Waals surface area (Å²) in [5.74, 6) is 1.50. The van der Waals surface area contributed by atoms with Crippen LogP contribution in [-0.4, -0.2) is 31.5 Å². The molecule has 0 bridgehead atoms. The van der Waals surface area contributed by atoms with Crippen LogP contribution in [0, 0.1) is 5.92 Å². The molecule has 0 aliphatic heterocycles. The second-order valence-electron chi connectivity index (χ2n) is 5.42. The molecule has 0 atom stereocenters. The van der Waals surface area contributed by atoms with Gasteiger partial charge >= 0.3 is 0 Å². The van der Waals surface area contributed by atoms with Gasteiger partial charge in [0.2, 0.25) is 0 Å². The minimum atomic E-state index is 0.0875. The largest absolute Gasteiger partial charge is 0.497 e. The molecular weight excluding hydrogens is 238 g/mol. The molecule has 1 amide bonds. The fourth-order valence-electron chi connectivity index (χ4n) is 2.82. The van der Waals surface area contributed by atoms with Crippen molar-refractivity contribution in [2.24, 2.45) is 5.92 Å². The summed E-state index contributed by atoms with van der Waals surface area (Å²) in [4.78, 5) is 14.2. The minimum absolute atomic E-state index is 0.0875. The highest BCUT2D eigenvalue weighted by molar-refractivity contribution is 5.94. The van der Waals surface area contributed by atoms with Gasteiger partial charge in [-0.05, 0) is 37.0 Å². The van der Waals surface area contributed by atoms with Gasteiger partial charge in [-0.1, -0.05) is 25.3 Å². The van der Waals surface area contributed by atoms with Crippen LogP contribution >= 0.6 is 0 Å². The van der Waals surface area contributed by atoms with E-state index >= 15 is 0 Å². The van der Waals surface area contributed by atoms with E-state index in [9.17, 15) is 4.79 Å². The fourth-order valence-corrected chi connectivity index (χ4v) is 2.82. The highest BCUT2D eigenvalue weighted by atomic mass is 16.5. The number of nitrogens with zero attached hydrogens (tertiary/aromatic N) is 1. The molecule has 104 valence electrons. The van der Waals surface area contributed by atoms with E-state index in [1.54, 1.807) is 13.2 Å². The van der Waals surface area contributed by atoms with E-state index in [-0.39, 0.29) is 5.91 Å². The van der Waals surface area contributed by atoms with Crippen LogP contribution in [0.15, 0.2) is 24.3 Å². The number of carbonyl (C=O) groups excluding carboxylic acids is 1. The zero-order valence-electron chi connectivity index (χ0n) is 11.9. The molecule has 3 nitrogen and oxygen atoms in total. The summed E-state index contributed by atoms with van der Waals surface area (Å²) in [5, 5.41) is 0. The average Bonchev–Trinajstić information content (AvgIpc) is 2.47. The van der Waals surface area contributed by atoms with E-state index in [1.807, 2.05) is 30.1 Å². The monoisotopic (exact) mass is 261 g/mol. The Hall–Kier alpha value is -1.51. The summed E-state index contributed by atoms with van der Waals surface area (Å²) < 4.78 is 5.16. The second kappa shape index (κ2) is 6.60. The summed E-state index contributed by atoms with van der Waals surface area (Å²) in [6.45, 7) is 0.871. The number of carbonyl (C=O) groups is 1. The van der Waals surface area contributed by atoms with Crippen molar-refractivity contribution in [2.45, 2.75) is 32.1 Å². The van der Waals surface area contributed by atoms with Gasteiger partial charge in [0, 0.05) is 19.2 Å². The third kappa shape index (κ3) is 3.72. The van der Waals surface area contributed by atoms with E-state index in [0.717, 1.165) is 12.3 Å². The molecule has 0 aromatic heterocycles. The number of hydrogen-bond donors (Lipinski definition) is 0. The first-order valence-corrected chi connectivity index (χ1v) is 7.10. The molecule has 1 aromatic rings. The maximum Gasteiger partial charge on any atom is 0.253 e. The summed E-state index contributed by atoms with van der Waals surface area (Å²) in [7, 11) is 3.52. The zero-order valence-corrected chi connectivity index (χ0v) is 11.9. The van der Waals surface area contributed by atoms with E-state index in [2.05, 4.69) is 0 Å². The van der Waals surface area contributed by atoms with Crippen LogP contribution in [0.1, 0.15) is 42.5 Å². The zero-order chi connectivity index (χ0) is 13.7. The van der Waals surface area contributed by atoms with Crippen LogP contribution in [0.3, 0.4) is 0 Å². The van der Waals surface area contributed by atoms with Gasteiger partial charge in [-0.3, -0.25) is 4.79 Å². The molecule has 1 aliphatic rings. The van der Waals surface area contributed by atoms with Crippen LogP contribution in [0.4, 0.5) is 0 Å². The van der Waals surface area contributed by atoms with Crippen LogP contribution in [0.2, 0.25) is 0 Å². The van der Waals surface area contributed by atoms with Gasteiger partial charge in [0.1, 0.15) is 5.75 Å². The van der Waals surface area contributed by atoms with E-state index < -0.39 is 0 Å². The van der Waals surface area contributed by atoms with E-state index in [4.69, 9.17) is 4.74 Å². The fraction of sp³-hybridized carbons (Fsp3) is 0.562. The van der Waals surface area contributed by atoms with Crippen molar-refractivity contribution in [3.63, 3.8) is 0 Å². The number of benzene rings is 1. The van der Waals surface area contributed by atoms with Crippen LogP contribution in [-0.2, 0) is 0 Å². The van der Waals surface area contributed by atoms with Crippen molar-refractivity contribution in [1.29, 1.82) is 0 Å². The van der Waals surface area contributed by atoms with Crippen LogP contribution in [0.5, 0.6) is 5.75 Å². The molecule has 0 N–H and O–H groups in total. The Labute approximate surface area is 115 Å². The standard InChI is InChI=1S/C16H23NO2/c1-17(12-13-7-4-3-5-8-13)16(18)14-9-6-10-15(11-14)19-2/h6,9-11,13H,3-5,7-8,12H2,1-2H3. The first-order chi connectivity index (χ1) is 9.20. The molecule has 1 aromatic carbocycles. The predicted molar refractivity (Wildman–Crippen MR) is 76.5 cm³/mol. The Balaban J connectivity index is 1.97. The lowest BCUT2D eigenvalue weighted by molar-refractivity contribution is 0.0760. The Morgan fingerprint density at radius 2 is 2.05 bits per heavy atom.